The SMILES string of the molecule is COc1ccc(-c2nn(-c3ccccc3)cc2/C=N/NC(=O)CNc2ccccc2)cc1. The normalized spacial score (nSPS) is 10.8. The van der Waals surface area contributed by atoms with Gasteiger partial charge in [0, 0.05) is 23.0 Å². The Labute approximate surface area is 186 Å². The van der Waals surface area contributed by atoms with Crippen LogP contribution in [0.4, 0.5) is 5.69 Å². The zero-order valence-electron chi connectivity index (χ0n) is 17.6. The standard InChI is InChI=1S/C25H23N5O2/c1-32-23-14-12-19(13-15-23)25-20(18-30(29-25)22-10-6-3-7-11-22)16-27-28-24(31)17-26-21-8-4-2-5-9-21/h2-16,18,26H,17H2,1H3,(H,28,31)/b27-16+. The Kier molecular flexibility index (Phi) is 6.57. The third kappa shape index (κ3) is 5.20. The number of benzene rings is 3. The van der Waals surface area contributed by atoms with Crippen LogP contribution in [0.5, 0.6) is 5.75 Å². The minimum atomic E-state index is -0.244. The van der Waals surface area contributed by atoms with Crippen molar-refractivity contribution in [3.05, 3.63) is 96.7 Å². The van der Waals surface area contributed by atoms with E-state index < -0.39 is 0 Å². The van der Waals surface area contributed by atoms with Crippen molar-refractivity contribution in [3.8, 4) is 22.7 Å². The number of hydrogen-bond donors (Lipinski definition) is 2. The predicted molar refractivity (Wildman–Crippen MR) is 126 cm³/mol. The van der Waals surface area contributed by atoms with Gasteiger partial charge in [0.15, 0.2) is 0 Å². The molecule has 32 heavy (non-hydrogen) atoms. The number of methoxy groups -OCH3 is 1. The number of para-hydroxylation sites is 2. The first-order valence-corrected chi connectivity index (χ1v) is 10.1. The maximum absolute atomic E-state index is 12.1. The van der Waals surface area contributed by atoms with Gasteiger partial charge in [-0.15, -0.1) is 0 Å². The number of anilines is 1. The van der Waals surface area contributed by atoms with Gasteiger partial charge in [-0.25, -0.2) is 10.1 Å². The molecule has 0 atom stereocenters. The molecule has 3 aromatic carbocycles. The average molecular weight is 425 g/mol. The lowest BCUT2D eigenvalue weighted by atomic mass is 10.1. The smallest absolute Gasteiger partial charge is 0.259 e. The van der Waals surface area contributed by atoms with Gasteiger partial charge in [-0.05, 0) is 48.5 Å². The number of ether oxygens (including phenoxy) is 1. The third-order valence-corrected chi connectivity index (χ3v) is 4.75. The van der Waals surface area contributed by atoms with E-state index in [1.165, 1.54) is 0 Å². The molecule has 0 aliphatic carbocycles. The first-order valence-electron chi connectivity index (χ1n) is 10.1. The predicted octanol–water partition coefficient (Wildman–Crippen LogP) is 4.11. The Balaban J connectivity index is 1.52. The Morgan fingerprint density at radius 2 is 1.69 bits per heavy atom. The Morgan fingerprint density at radius 1 is 1.00 bits per heavy atom. The van der Waals surface area contributed by atoms with Crippen molar-refractivity contribution in [3.63, 3.8) is 0 Å². The molecule has 7 nitrogen and oxygen atoms in total. The van der Waals surface area contributed by atoms with Crippen molar-refractivity contribution in [2.75, 3.05) is 19.0 Å². The second kappa shape index (κ2) is 10.1. The van der Waals surface area contributed by atoms with Crippen LogP contribution in [0.1, 0.15) is 5.56 Å². The molecule has 1 aromatic heterocycles. The molecule has 1 amide bonds. The molecule has 0 spiro atoms. The number of carbonyl (C=O) groups excluding carboxylic acids is 1. The molecule has 160 valence electrons. The molecule has 0 saturated heterocycles. The van der Waals surface area contributed by atoms with E-state index in [0.717, 1.165) is 33.9 Å². The van der Waals surface area contributed by atoms with Crippen LogP contribution in [0.2, 0.25) is 0 Å². The van der Waals surface area contributed by atoms with Crippen LogP contribution in [-0.2, 0) is 4.79 Å². The van der Waals surface area contributed by atoms with E-state index in [9.17, 15) is 4.79 Å². The van der Waals surface area contributed by atoms with Gasteiger partial charge in [0.25, 0.3) is 5.91 Å². The summed E-state index contributed by atoms with van der Waals surface area (Å²) in [5, 5.41) is 11.9. The summed E-state index contributed by atoms with van der Waals surface area (Å²) >= 11 is 0. The van der Waals surface area contributed by atoms with Crippen molar-refractivity contribution in [2.45, 2.75) is 0 Å². The number of hydrazone groups is 1. The first-order chi connectivity index (χ1) is 15.7. The van der Waals surface area contributed by atoms with E-state index in [2.05, 4.69) is 15.8 Å². The summed E-state index contributed by atoms with van der Waals surface area (Å²) in [5.74, 6) is 0.524. The molecule has 4 rings (SSSR count). The van der Waals surface area contributed by atoms with Crippen molar-refractivity contribution in [1.82, 2.24) is 15.2 Å². The maximum Gasteiger partial charge on any atom is 0.259 e. The lowest BCUT2D eigenvalue weighted by Gasteiger charge is -2.04. The minimum Gasteiger partial charge on any atom is -0.497 e. The number of aromatic nitrogens is 2. The van der Waals surface area contributed by atoms with Crippen LogP contribution in [0.3, 0.4) is 0 Å². The van der Waals surface area contributed by atoms with Gasteiger partial charge in [0.1, 0.15) is 11.4 Å². The Morgan fingerprint density at radius 3 is 2.38 bits per heavy atom. The second-order valence-corrected chi connectivity index (χ2v) is 6.95. The van der Waals surface area contributed by atoms with Crippen LogP contribution in [0.15, 0.2) is 96.2 Å². The molecule has 2 N–H and O–H groups in total. The molecule has 0 aliphatic heterocycles. The number of rotatable bonds is 8. The highest BCUT2D eigenvalue weighted by Crippen LogP contribution is 2.25. The highest BCUT2D eigenvalue weighted by Gasteiger charge is 2.11. The quantitative estimate of drug-likeness (QED) is 0.329. The van der Waals surface area contributed by atoms with E-state index >= 15 is 0 Å². The average Bonchev–Trinajstić information content (AvgIpc) is 3.28. The molecule has 4 aromatic rings. The lowest BCUT2D eigenvalue weighted by molar-refractivity contribution is -0.119. The van der Waals surface area contributed by atoms with Crippen molar-refractivity contribution < 1.29 is 9.53 Å². The van der Waals surface area contributed by atoms with Crippen LogP contribution in [0, 0.1) is 0 Å². The van der Waals surface area contributed by atoms with Gasteiger partial charge < -0.3 is 10.1 Å². The zero-order chi connectivity index (χ0) is 22.2. The monoisotopic (exact) mass is 425 g/mol. The second-order valence-electron chi connectivity index (χ2n) is 6.95. The van der Waals surface area contributed by atoms with Crippen LogP contribution in [-0.4, -0.2) is 35.6 Å². The molecule has 0 fully saturated rings. The topological polar surface area (TPSA) is 80.5 Å². The fourth-order valence-electron chi connectivity index (χ4n) is 3.12. The molecule has 7 heteroatoms. The van der Waals surface area contributed by atoms with E-state index in [0.29, 0.717) is 0 Å². The van der Waals surface area contributed by atoms with Crippen LogP contribution < -0.4 is 15.5 Å². The van der Waals surface area contributed by atoms with Crippen molar-refractivity contribution in [2.24, 2.45) is 5.10 Å². The number of carbonyl (C=O) groups is 1. The number of nitrogens with zero attached hydrogens (tertiary/aromatic N) is 3. The number of amides is 1. The highest BCUT2D eigenvalue weighted by atomic mass is 16.5. The summed E-state index contributed by atoms with van der Waals surface area (Å²) in [5.41, 5.74) is 6.80. The largest absolute Gasteiger partial charge is 0.497 e. The van der Waals surface area contributed by atoms with E-state index in [-0.39, 0.29) is 12.5 Å². The van der Waals surface area contributed by atoms with E-state index in [1.54, 1.807) is 18.0 Å². The molecule has 0 aliphatic rings. The fourth-order valence-corrected chi connectivity index (χ4v) is 3.12. The van der Waals surface area contributed by atoms with E-state index in [4.69, 9.17) is 9.84 Å². The zero-order valence-corrected chi connectivity index (χ0v) is 17.6. The molecular weight excluding hydrogens is 402 g/mol. The summed E-state index contributed by atoms with van der Waals surface area (Å²) in [6.07, 6.45) is 3.49. The fraction of sp³-hybridized carbons (Fsp3) is 0.0800. The highest BCUT2D eigenvalue weighted by molar-refractivity contribution is 5.90. The lowest BCUT2D eigenvalue weighted by Crippen LogP contribution is -2.25. The van der Waals surface area contributed by atoms with Crippen LogP contribution in [0.25, 0.3) is 16.9 Å². The Hall–Kier alpha value is -4.39. The molecule has 0 saturated carbocycles. The van der Waals surface area contributed by atoms with Crippen LogP contribution >= 0.6 is 0 Å². The molecule has 1 heterocycles. The van der Waals surface area contributed by atoms with Crippen molar-refractivity contribution >= 4 is 17.8 Å². The Bertz CT molecular complexity index is 1190. The van der Waals surface area contributed by atoms with Gasteiger partial charge in [0.05, 0.1) is 25.6 Å². The van der Waals surface area contributed by atoms with Gasteiger partial charge in [-0.1, -0.05) is 36.4 Å². The van der Waals surface area contributed by atoms with Gasteiger partial charge in [-0.2, -0.15) is 10.2 Å². The summed E-state index contributed by atoms with van der Waals surface area (Å²) in [6.45, 7) is 0.121. The summed E-state index contributed by atoms with van der Waals surface area (Å²) in [6, 6.07) is 27.0. The first kappa shape index (κ1) is 20.9. The summed E-state index contributed by atoms with van der Waals surface area (Å²) in [4.78, 5) is 12.1. The maximum atomic E-state index is 12.1. The number of nitrogens with one attached hydrogen (secondary N) is 2. The summed E-state index contributed by atoms with van der Waals surface area (Å²) in [7, 11) is 1.63. The molecule has 0 unspecified atom stereocenters. The van der Waals surface area contributed by atoms with E-state index in [1.807, 2.05) is 91.1 Å². The van der Waals surface area contributed by atoms with Gasteiger partial charge in [0.2, 0.25) is 0 Å². The minimum absolute atomic E-state index is 0.121. The molecule has 0 bridgehead atoms. The van der Waals surface area contributed by atoms with Crippen molar-refractivity contribution in [1.29, 1.82) is 0 Å². The molecular formula is C25H23N5O2. The van der Waals surface area contributed by atoms with Gasteiger partial charge >= 0.3 is 0 Å². The third-order valence-electron chi connectivity index (χ3n) is 4.75. The summed E-state index contributed by atoms with van der Waals surface area (Å²) < 4.78 is 7.04. The van der Waals surface area contributed by atoms with Gasteiger partial charge in [-0.3, -0.25) is 4.79 Å². The molecule has 0 radical (unpaired) electrons. The number of hydrogen-bond acceptors (Lipinski definition) is 5.